The van der Waals surface area contributed by atoms with Gasteiger partial charge in [-0.05, 0) is 38.0 Å². The van der Waals surface area contributed by atoms with Crippen molar-refractivity contribution >= 4 is 17.6 Å². The van der Waals surface area contributed by atoms with Gasteiger partial charge in [0.15, 0.2) is 5.96 Å². The van der Waals surface area contributed by atoms with E-state index in [0.29, 0.717) is 25.7 Å². The standard InChI is InChI=1S/C22H28N4O4/c1-14-11-23-19(15(2)20(14)30-4)12-24-22-25-18-10-16(21(27)28)6-7-17(18)13-26(22)8-5-9-29-3/h6-7,10-11H,5,8-9,12-13H2,1-4H3,(H,24,25)(H,27,28). The number of guanidine groups is 1. The molecule has 8 nitrogen and oxygen atoms in total. The Morgan fingerprint density at radius 3 is 2.83 bits per heavy atom. The molecule has 0 unspecified atom stereocenters. The fourth-order valence-electron chi connectivity index (χ4n) is 3.55. The lowest BCUT2D eigenvalue weighted by molar-refractivity contribution is 0.0697. The number of pyridine rings is 1. The SMILES string of the molecule is COCCCN1Cc2ccc(C(=O)O)cc2NC1=NCc1ncc(C)c(OC)c1C. The number of rotatable bonds is 8. The summed E-state index contributed by atoms with van der Waals surface area (Å²) in [5.41, 5.74) is 4.84. The zero-order valence-corrected chi connectivity index (χ0v) is 17.9. The van der Waals surface area contributed by atoms with Crippen LogP contribution in [-0.2, 0) is 17.8 Å². The molecule has 0 bridgehead atoms. The highest BCUT2D eigenvalue weighted by molar-refractivity contribution is 5.98. The average Bonchev–Trinajstić information content (AvgIpc) is 2.73. The largest absolute Gasteiger partial charge is 0.496 e. The Bertz CT molecular complexity index is 958. The Balaban J connectivity index is 1.89. The summed E-state index contributed by atoms with van der Waals surface area (Å²) in [7, 11) is 3.34. The number of carboxylic acid groups (broad SMARTS) is 1. The van der Waals surface area contributed by atoms with Crippen LogP contribution in [0.3, 0.4) is 0 Å². The van der Waals surface area contributed by atoms with Crippen LogP contribution in [-0.4, -0.2) is 54.3 Å². The highest BCUT2D eigenvalue weighted by Crippen LogP contribution is 2.27. The minimum Gasteiger partial charge on any atom is -0.496 e. The van der Waals surface area contributed by atoms with E-state index >= 15 is 0 Å². The molecule has 0 amide bonds. The Kier molecular flexibility index (Phi) is 6.89. The molecule has 0 radical (unpaired) electrons. The van der Waals surface area contributed by atoms with E-state index in [0.717, 1.165) is 46.8 Å². The van der Waals surface area contributed by atoms with Crippen molar-refractivity contribution in [2.45, 2.75) is 33.4 Å². The van der Waals surface area contributed by atoms with Gasteiger partial charge in [0.1, 0.15) is 5.75 Å². The van der Waals surface area contributed by atoms with Crippen molar-refractivity contribution < 1.29 is 19.4 Å². The molecule has 2 heterocycles. The first kappa shape index (κ1) is 21.6. The number of aromatic nitrogens is 1. The Morgan fingerprint density at radius 1 is 1.33 bits per heavy atom. The predicted molar refractivity (Wildman–Crippen MR) is 115 cm³/mol. The number of nitrogens with zero attached hydrogens (tertiary/aromatic N) is 3. The molecule has 1 aromatic carbocycles. The summed E-state index contributed by atoms with van der Waals surface area (Å²) >= 11 is 0. The first-order valence-corrected chi connectivity index (χ1v) is 9.85. The first-order valence-electron chi connectivity index (χ1n) is 9.85. The molecule has 30 heavy (non-hydrogen) atoms. The van der Waals surface area contributed by atoms with E-state index in [9.17, 15) is 9.90 Å². The molecule has 2 aromatic rings. The van der Waals surface area contributed by atoms with Crippen LogP contribution in [0.15, 0.2) is 29.4 Å². The number of hydrogen-bond donors (Lipinski definition) is 2. The quantitative estimate of drug-likeness (QED) is 0.643. The molecule has 0 saturated heterocycles. The molecule has 0 aliphatic carbocycles. The average molecular weight is 412 g/mol. The van der Waals surface area contributed by atoms with E-state index in [4.69, 9.17) is 14.5 Å². The van der Waals surface area contributed by atoms with Crippen LogP contribution in [0.1, 0.15) is 39.2 Å². The maximum atomic E-state index is 11.3. The number of aryl methyl sites for hydroxylation is 1. The van der Waals surface area contributed by atoms with Crippen LogP contribution in [0.4, 0.5) is 5.69 Å². The van der Waals surface area contributed by atoms with Crippen molar-refractivity contribution in [1.82, 2.24) is 9.88 Å². The van der Waals surface area contributed by atoms with Gasteiger partial charge in [-0.25, -0.2) is 9.79 Å². The minimum atomic E-state index is -0.952. The number of aromatic carboxylic acids is 1. The second kappa shape index (κ2) is 9.58. The number of nitrogens with one attached hydrogen (secondary N) is 1. The minimum absolute atomic E-state index is 0.245. The summed E-state index contributed by atoms with van der Waals surface area (Å²) in [6.07, 6.45) is 2.65. The van der Waals surface area contributed by atoms with Crippen LogP contribution >= 0.6 is 0 Å². The number of aliphatic imine (C=N–C) groups is 1. The molecule has 2 N–H and O–H groups in total. The van der Waals surface area contributed by atoms with Gasteiger partial charge >= 0.3 is 5.97 Å². The summed E-state index contributed by atoms with van der Waals surface area (Å²) in [6, 6.07) is 5.13. The van der Waals surface area contributed by atoms with Gasteiger partial charge in [-0.2, -0.15) is 0 Å². The van der Waals surface area contributed by atoms with Gasteiger partial charge in [0, 0.05) is 49.8 Å². The summed E-state index contributed by atoms with van der Waals surface area (Å²) in [6.45, 7) is 6.40. The van der Waals surface area contributed by atoms with Crippen molar-refractivity contribution in [1.29, 1.82) is 0 Å². The number of carbonyl (C=O) groups is 1. The molecule has 1 aromatic heterocycles. The Labute approximate surface area is 176 Å². The number of methoxy groups -OCH3 is 2. The molecule has 1 aliphatic rings. The molecular weight excluding hydrogens is 384 g/mol. The van der Waals surface area contributed by atoms with Crippen molar-refractivity contribution in [2.75, 3.05) is 32.7 Å². The maximum absolute atomic E-state index is 11.3. The summed E-state index contributed by atoms with van der Waals surface area (Å²) in [4.78, 5) is 22.8. The van der Waals surface area contributed by atoms with Gasteiger partial charge in [0.05, 0.1) is 24.9 Å². The zero-order chi connectivity index (χ0) is 21.7. The lowest BCUT2D eigenvalue weighted by Gasteiger charge is -2.33. The third-order valence-electron chi connectivity index (χ3n) is 5.17. The highest BCUT2D eigenvalue weighted by atomic mass is 16.5. The van der Waals surface area contributed by atoms with E-state index in [1.54, 1.807) is 32.5 Å². The lowest BCUT2D eigenvalue weighted by atomic mass is 10.1. The smallest absolute Gasteiger partial charge is 0.335 e. The van der Waals surface area contributed by atoms with Crippen LogP contribution < -0.4 is 10.1 Å². The van der Waals surface area contributed by atoms with Gasteiger partial charge in [0.25, 0.3) is 0 Å². The van der Waals surface area contributed by atoms with Gasteiger partial charge in [-0.3, -0.25) is 4.98 Å². The summed E-state index contributed by atoms with van der Waals surface area (Å²) in [5.74, 6) is 0.569. The van der Waals surface area contributed by atoms with E-state index < -0.39 is 5.97 Å². The molecule has 1 aliphatic heterocycles. The van der Waals surface area contributed by atoms with Crippen molar-refractivity contribution in [3.8, 4) is 5.75 Å². The van der Waals surface area contributed by atoms with Crippen LogP contribution in [0.25, 0.3) is 0 Å². The Morgan fingerprint density at radius 2 is 2.13 bits per heavy atom. The van der Waals surface area contributed by atoms with E-state index in [1.165, 1.54) is 0 Å². The van der Waals surface area contributed by atoms with E-state index in [-0.39, 0.29) is 5.56 Å². The fraction of sp³-hybridized carbons (Fsp3) is 0.409. The van der Waals surface area contributed by atoms with Crippen molar-refractivity contribution in [3.05, 3.63) is 52.3 Å². The van der Waals surface area contributed by atoms with Crippen molar-refractivity contribution in [2.24, 2.45) is 4.99 Å². The third-order valence-corrected chi connectivity index (χ3v) is 5.17. The number of benzene rings is 1. The molecule has 8 heteroatoms. The van der Waals surface area contributed by atoms with Crippen LogP contribution in [0.2, 0.25) is 0 Å². The van der Waals surface area contributed by atoms with E-state index in [2.05, 4.69) is 15.2 Å². The second-order valence-corrected chi connectivity index (χ2v) is 7.26. The van der Waals surface area contributed by atoms with Gasteiger partial charge in [-0.15, -0.1) is 0 Å². The maximum Gasteiger partial charge on any atom is 0.335 e. The highest BCUT2D eigenvalue weighted by Gasteiger charge is 2.22. The van der Waals surface area contributed by atoms with Crippen LogP contribution in [0.5, 0.6) is 5.75 Å². The van der Waals surface area contributed by atoms with Crippen LogP contribution in [0, 0.1) is 13.8 Å². The fourth-order valence-corrected chi connectivity index (χ4v) is 3.55. The topological polar surface area (TPSA) is 96.3 Å². The summed E-state index contributed by atoms with van der Waals surface area (Å²) < 4.78 is 10.7. The molecule has 0 fully saturated rings. The molecule has 0 atom stereocenters. The second-order valence-electron chi connectivity index (χ2n) is 7.26. The molecule has 3 rings (SSSR count). The first-order chi connectivity index (χ1) is 14.4. The van der Waals surface area contributed by atoms with Gasteiger partial charge in [0.2, 0.25) is 0 Å². The third kappa shape index (κ3) is 4.71. The molecule has 0 saturated carbocycles. The molecule has 160 valence electrons. The van der Waals surface area contributed by atoms with Gasteiger partial charge < -0.3 is 24.8 Å². The van der Waals surface area contributed by atoms with Crippen molar-refractivity contribution in [3.63, 3.8) is 0 Å². The lowest BCUT2D eigenvalue weighted by Crippen LogP contribution is -2.41. The number of carboxylic acids is 1. The predicted octanol–water partition coefficient (Wildman–Crippen LogP) is 3.23. The zero-order valence-electron chi connectivity index (χ0n) is 17.9. The molecule has 0 spiro atoms. The number of ether oxygens (including phenoxy) is 2. The summed E-state index contributed by atoms with van der Waals surface area (Å²) in [5, 5.41) is 12.6. The molecular formula is C22H28N4O4. The van der Waals surface area contributed by atoms with E-state index in [1.807, 2.05) is 19.9 Å². The number of anilines is 1. The monoisotopic (exact) mass is 412 g/mol. The number of fused-ring (bicyclic) bond motifs is 1. The normalized spacial score (nSPS) is 14.4. The Hall–Kier alpha value is -3.13. The number of hydrogen-bond acceptors (Lipinski definition) is 5. The van der Waals surface area contributed by atoms with Gasteiger partial charge in [-0.1, -0.05) is 6.07 Å².